The van der Waals surface area contributed by atoms with E-state index in [0.717, 1.165) is 16.7 Å². The molecule has 0 aliphatic carbocycles. The normalized spacial score (nSPS) is 23.9. The van der Waals surface area contributed by atoms with Crippen LogP contribution >= 0.6 is 0 Å². The number of methoxy groups -OCH3 is 1. The molecule has 1 aliphatic heterocycles. The van der Waals surface area contributed by atoms with Gasteiger partial charge in [0.25, 0.3) is 0 Å². The highest BCUT2D eigenvalue weighted by molar-refractivity contribution is 5.78. The van der Waals surface area contributed by atoms with Crippen molar-refractivity contribution in [1.29, 1.82) is 0 Å². The zero-order valence-corrected chi connectivity index (χ0v) is 20.4. The quantitative estimate of drug-likeness (QED) is 0.414. The number of amides is 1. The van der Waals surface area contributed by atoms with Gasteiger partial charge in [0.1, 0.15) is 18.3 Å². The molecule has 1 amide bonds. The molecule has 2 N–H and O–H groups in total. The van der Waals surface area contributed by atoms with Crippen molar-refractivity contribution in [3.8, 4) is 0 Å². The number of benzene rings is 3. The van der Waals surface area contributed by atoms with Crippen molar-refractivity contribution in [2.75, 3.05) is 13.7 Å². The molecule has 0 unspecified atom stereocenters. The largest absolute Gasteiger partial charge is 0.374 e. The minimum atomic E-state index is -0.812. The summed E-state index contributed by atoms with van der Waals surface area (Å²) in [5.41, 5.74) is 8.91. The average Bonchev–Trinajstić information content (AvgIpc) is 2.92. The molecule has 7 heteroatoms. The van der Waals surface area contributed by atoms with E-state index in [1.165, 1.54) is 7.11 Å². The Labute approximate surface area is 212 Å². The molecule has 1 saturated heterocycles. The fraction of sp³-hybridized carbons (Fsp3) is 0.345. The van der Waals surface area contributed by atoms with E-state index in [-0.39, 0.29) is 19.8 Å². The molecule has 36 heavy (non-hydrogen) atoms. The summed E-state index contributed by atoms with van der Waals surface area (Å²) < 4.78 is 30.3. The van der Waals surface area contributed by atoms with Crippen LogP contribution < -0.4 is 5.73 Å². The number of ether oxygens (including phenoxy) is 5. The lowest BCUT2D eigenvalue weighted by Crippen LogP contribution is -2.61. The Bertz CT molecular complexity index is 1050. The van der Waals surface area contributed by atoms with Gasteiger partial charge in [-0.25, -0.2) is 0 Å². The minimum Gasteiger partial charge on any atom is -0.374 e. The maximum Gasteiger partial charge on any atom is 0.226 e. The van der Waals surface area contributed by atoms with E-state index < -0.39 is 36.4 Å². The Balaban J connectivity index is 1.52. The number of carbonyl (C=O) groups is 1. The fourth-order valence-corrected chi connectivity index (χ4v) is 4.36. The lowest BCUT2D eigenvalue weighted by molar-refractivity contribution is -0.299. The molecule has 3 aromatic carbocycles. The Kier molecular flexibility index (Phi) is 9.61. The molecule has 1 aliphatic rings. The highest BCUT2D eigenvalue weighted by Gasteiger charge is 2.50. The summed E-state index contributed by atoms with van der Waals surface area (Å²) in [6, 6.07) is 29.3. The number of hydrogen-bond donors (Lipinski definition) is 1. The van der Waals surface area contributed by atoms with E-state index in [2.05, 4.69) is 0 Å². The van der Waals surface area contributed by atoms with Gasteiger partial charge in [0.05, 0.1) is 32.3 Å². The first-order valence-corrected chi connectivity index (χ1v) is 12.1. The maximum absolute atomic E-state index is 12.8. The first kappa shape index (κ1) is 26.0. The minimum absolute atomic E-state index is 0.198. The average molecular weight is 492 g/mol. The van der Waals surface area contributed by atoms with Gasteiger partial charge in [0, 0.05) is 7.11 Å². The summed E-state index contributed by atoms with van der Waals surface area (Å²) in [5, 5.41) is 0. The van der Waals surface area contributed by atoms with E-state index in [9.17, 15) is 4.79 Å². The number of rotatable bonds is 12. The summed E-state index contributed by atoms with van der Waals surface area (Å²) in [6.45, 7) is 1.16. The molecule has 0 spiro atoms. The van der Waals surface area contributed by atoms with Crippen LogP contribution in [0.2, 0.25) is 0 Å². The van der Waals surface area contributed by atoms with Gasteiger partial charge >= 0.3 is 0 Å². The number of hydrogen-bond acceptors (Lipinski definition) is 6. The van der Waals surface area contributed by atoms with Gasteiger partial charge in [0.15, 0.2) is 6.29 Å². The molecule has 0 radical (unpaired) electrons. The van der Waals surface area contributed by atoms with E-state index in [1.54, 1.807) is 0 Å². The molecule has 1 heterocycles. The van der Waals surface area contributed by atoms with Crippen LogP contribution in [0.15, 0.2) is 91.0 Å². The molecule has 4 rings (SSSR count). The number of nitrogens with two attached hydrogens (primary N) is 1. The van der Waals surface area contributed by atoms with Crippen molar-refractivity contribution in [2.24, 2.45) is 11.7 Å². The van der Waals surface area contributed by atoms with Gasteiger partial charge in [-0.3, -0.25) is 4.79 Å². The van der Waals surface area contributed by atoms with Crippen LogP contribution in [0.25, 0.3) is 0 Å². The molecule has 7 nitrogen and oxygen atoms in total. The lowest BCUT2D eigenvalue weighted by atomic mass is 9.87. The summed E-state index contributed by atoms with van der Waals surface area (Å²) in [4.78, 5) is 12.8. The summed E-state index contributed by atoms with van der Waals surface area (Å²) >= 11 is 0. The third kappa shape index (κ3) is 7.00. The Hall–Kier alpha value is -3.07. The summed E-state index contributed by atoms with van der Waals surface area (Å²) in [7, 11) is 1.52. The van der Waals surface area contributed by atoms with E-state index >= 15 is 0 Å². The molecular weight excluding hydrogens is 458 g/mol. The predicted molar refractivity (Wildman–Crippen MR) is 134 cm³/mol. The van der Waals surface area contributed by atoms with Crippen molar-refractivity contribution in [1.82, 2.24) is 0 Å². The van der Waals surface area contributed by atoms with Gasteiger partial charge < -0.3 is 29.4 Å². The van der Waals surface area contributed by atoms with Crippen molar-refractivity contribution >= 4 is 5.91 Å². The van der Waals surface area contributed by atoms with Crippen LogP contribution in [0, 0.1) is 5.92 Å². The van der Waals surface area contributed by atoms with Crippen LogP contribution in [0.5, 0.6) is 0 Å². The second-order valence-corrected chi connectivity index (χ2v) is 8.73. The standard InChI is InChI=1S/C29H33NO6/c1-32-29-27(35-19-23-15-9-4-10-16-23)25(28(30)31)26(34-18-22-13-7-3-8-14-22)24(36-29)20-33-17-21-11-5-2-6-12-21/h2-16,24-27,29H,17-20H2,1H3,(H2,30,31)/t24-,25+,26+,27-,29+/m1/s1. The molecular formula is C29H33NO6. The Morgan fingerprint density at radius 3 is 1.69 bits per heavy atom. The van der Waals surface area contributed by atoms with Crippen molar-refractivity contribution < 1.29 is 28.5 Å². The second kappa shape index (κ2) is 13.3. The van der Waals surface area contributed by atoms with Crippen LogP contribution in [0.4, 0.5) is 0 Å². The van der Waals surface area contributed by atoms with Crippen molar-refractivity contribution in [3.05, 3.63) is 108 Å². The summed E-state index contributed by atoms with van der Waals surface area (Å²) in [5.74, 6) is -1.34. The van der Waals surface area contributed by atoms with Crippen molar-refractivity contribution in [3.63, 3.8) is 0 Å². The summed E-state index contributed by atoms with van der Waals surface area (Å²) in [6.07, 6.45) is -2.84. The Morgan fingerprint density at radius 1 is 0.750 bits per heavy atom. The monoisotopic (exact) mass is 491 g/mol. The number of primary amides is 1. The Morgan fingerprint density at radius 2 is 1.22 bits per heavy atom. The van der Waals surface area contributed by atoms with Gasteiger partial charge in [-0.2, -0.15) is 0 Å². The zero-order chi connectivity index (χ0) is 25.2. The lowest BCUT2D eigenvalue weighted by Gasteiger charge is -2.44. The van der Waals surface area contributed by atoms with Crippen LogP contribution in [0.1, 0.15) is 16.7 Å². The molecule has 5 atom stereocenters. The highest BCUT2D eigenvalue weighted by Crippen LogP contribution is 2.33. The fourth-order valence-electron chi connectivity index (χ4n) is 4.36. The molecule has 1 fully saturated rings. The number of carbonyl (C=O) groups excluding carboxylic acids is 1. The molecule has 190 valence electrons. The first-order valence-electron chi connectivity index (χ1n) is 12.1. The van der Waals surface area contributed by atoms with Crippen LogP contribution in [-0.4, -0.2) is 44.2 Å². The van der Waals surface area contributed by atoms with Crippen LogP contribution in [0.3, 0.4) is 0 Å². The SMILES string of the molecule is CO[C@H]1O[C@H](COCc2ccccc2)[C@H](OCc2ccccc2)[C@H](C(N)=O)[C@H]1OCc1ccccc1. The van der Waals surface area contributed by atoms with Gasteiger partial charge in [0.2, 0.25) is 5.91 Å². The molecule has 0 saturated carbocycles. The van der Waals surface area contributed by atoms with Crippen molar-refractivity contribution in [2.45, 2.75) is 44.4 Å². The molecule has 0 aromatic heterocycles. The van der Waals surface area contributed by atoms with E-state index in [4.69, 9.17) is 29.4 Å². The zero-order valence-electron chi connectivity index (χ0n) is 20.4. The van der Waals surface area contributed by atoms with E-state index in [1.807, 2.05) is 91.0 Å². The van der Waals surface area contributed by atoms with Gasteiger partial charge in [-0.05, 0) is 16.7 Å². The third-order valence-corrected chi connectivity index (χ3v) is 6.18. The highest BCUT2D eigenvalue weighted by atomic mass is 16.7. The second-order valence-electron chi connectivity index (χ2n) is 8.73. The topological polar surface area (TPSA) is 89.2 Å². The predicted octanol–water partition coefficient (Wildman–Crippen LogP) is 3.85. The molecule has 0 bridgehead atoms. The maximum atomic E-state index is 12.8. The van der Waals surface area contributed by atoms with Gasteiger partial charge in [-0.15, -0.1) is 0 Å². The van der Waals surface area contributed by atoms with E-state index in [0.29, 0.717) is 6.61 Å². The smallest absolute Gasteiger partial charge is 0.226 e. The first-order chi connectivity index (χ1) is 17.7. The van der Waals surface area contributed by atoms with Gasteiger partial charge in [-0.1, -0.05) is 91.0 Å². The van der Waals surface area contributed by atoms with Crippen LogP contribution in [-0.2, 0) is 48.3 Å². The molecule has 3 aromatic rings. The third-order valence-electron chi connectivity index (χ3n) is 6.18.